The smallest absolute Gasteiger partial charge is 0.203 e. The number of halogens is 1. The fraction of sp³-hybridized carbons (Fsp3) is 0.385. The van der Waals surface area contributed by atoms with Crippen molar-refractivity contribution < 1.29 is 0 Å². The predicted octanol–water partition coefficient (Wildman–Crippen LogP) is 2.26. The Morgan fingerprint density at radius 1 is 1.32 bits per heavy atom. The minimum Gasteiger partial charge on any atom is -0.308 e. The summed E-state index contributed by atoms with van der Waals surface area (Å²) in [6.07, 6.45) is 0. The van der Waals surface area contributed by atoms with Crippen molar-refractivity contribution in [2.75, 3.05) is 27.2 Å². The molecule has 0 aliphatic heterocycles. The van der Waals surface area contributed by atoms with Crippen LogP contribution < -0.4 is 4.80 Å². The zero-order chi connectivity index (χ0) is 13.8. The second kappa shape index (κ2) is 6.32. The van der Waals surface area contributed by atoms with Gasteiger partial charge in [-0.1, -0.05) is 35.1 Å². The molecule has 0 bridgehead atoms. The lowest BCUT2D eigenvalue weighted by Crippen LogP contribution is -2.19. The monoisotopic (exact) mass is 296 g/mol. The van der Waals surface area contributed by atoms with E-state index in [1.807, 2.05) is 50.1 Å². The van der Waals surface area contributed by atoms with Crippen molar-refractivity contribution in [2.45, 2.75) is 0 Å². The summed E-state index contributed by atoms with van der Waals surface area (Å²) in [6.45, 7) is 1.72. The van der Waals surface area contributed by atoms with Gasteiger partial charge in [0.15, 0.2) is 0 Å². The molecule has 102 valence electrons. The quantitative estimate of drug-likeness (QED) is 0.867. The van der Waals surface area contributed by atoms with Gasteiger partial charge in [-0.25, -0.2) is 4.68 Å². The van der Waals surface area contributed by atoms with Crippen LogP contribution in [0.25, 0.3) is 10.6 Å². The maximum Gasteiger partial charge on any atom is 0.203 e. The van der Waals surface area contributed by atoms with Crippen LogP contribution in [0.15, 0.2) is 29.3 Å². The van der Waals surface area contributed by atoms with Crippen molar-refractivity contribution in [1.29, 1.82) is 0 Å². The molecule has 0 atom stereocenters. The Balaban J connectivity index is 2.23. The first-order valence-electron chi connectivity index (χ1n) is 6.01. The van der Waals surface area contributed by atoms with Gasteiger partial charge < -0.3 is 4.90 Å². The van der Waals surface area contributed by atoms with Crippen molar-refractivity contribution in [2.24, 2.45) is 12.0 Å². The fourth-order valence-corrected chi connectivity index (χ4v) is 2.59. The minimum absolute atomic E-state index is 0.737. The van der Waals surface area contributed by atoms with Gasteiger partial charge in [0.25, 0.3) is 0 Å². The summed E-state index contributed by atoms with van der Waals surface area (Å²) in [4.78, 5) is 7.61. The molecule has 0 fully saturated rings. The Hall–Kier alpha value is -1.17. The third-order valence-electron chi connectivity index (χ3n) is 2.59. The van der Waals surface area contributed by atoms with E-state index in [1.165, 1.54) is 0 Å². The van der Waals surface area contributed by atoms with Gasteiger partial charge in [0, 0.05) is 24.2 Å². The zero-order valence-electron chi connectivity index (χ0n) is 11.3. The van der Waals surface area contributed by atoms with Crippen molar-refractivity contribution in [3.05, 3.63) is 34.1 Å². The van der Waals surface area contributed by atoms with Gasteiger partial charge >= 0.3 is 0 Å². The number of likely N-dealkylation sites (N-methyl/N-ethyl adjacent to an activating group) is 1. The van der Waals surface area contributed by atoms with Crippen LogP contribution in [0, 0.1) is 0 Å². The Morgan fingerprint density at radius 2 is 2.00 bits per heavy atom. The molecular formula is C13H17ClN4S. The van der Waals surface area contributed by atoms with E-state index in [2.05, 4.69) is 15.0 Å². The highest BCUT2D eigenvalue weighted by atomic mass is 35.5. The number of rotatable bonds is 4. The molecule has 0 spiro atoms. The Bertz CT molecular complexity index is 598. The third-order valence-corrected chi connectivity index (χ3v) is 3.93. The van der Waals surface area contributed by atoms with E-state index in [9.17, 15) is 0 Å². The number of nitrogens with zero attached hydrogens (tertiary/aromatic N) is 4. The van der Waals surface area contributed by atoms with Crippen LogP contribution in [0.4, 0.5) is 0 Å². The Morgan fingerprint density at radius 3 is 2.63 bits per heavy atom. The van der Waals surface area contributed by atoms with Crippen LogP contribution in [0.3, 0.4) is 0 Å². The summed E-state index contributed by atoms with van der Waals surface area (Å²) in [5, 5.41) is 6.19. The van der Waals surface area contributed by atoms with Gasteiger partial charge in [-0.15, -0.1) is 0 Å². The molecule has 6 heteroatoms. The first-order chi connectivity index (χ1) is 9.06. The normalized spacial score (nSPS) is 12.4. The number of hydrogen-bond acceptors (Lipinski definition) is 4. The molecule has 0 saturated heterocycles. The molecule has 0 aliphatic carbocycles. The average molecular weight is 297 g/mol. The average Bonchev–Trinajstić information content (AvgIpc) is 2.71. The molecule has 0 N–H and O–H groups in total. The maximum atomic E-state index is 5.89. The molecule has 2 rings (SSSR count). The van der Waals surface area contributed by atoms with Crippen LogP contribution >= 0.6 is 22.9 Å². The highest BCUT2D eigenvalue weighted by Crippen LogP contribution is 2.21. The zero-order valence-corrected chi connectivity index (χ0v) is 12.9. The summed E-state index contributed by atoms with van der Waals surface area (Å²) < 4.78 is 1.82. The van der Waals surface area contributed by atoms with E-state index < -0.39 is 0 Å². The van der Waals surface area contributed by atoms with Crippen LogP contribution in [0.2, 0.25) is 5.02 Å². The van der Waals surface area contributed by atoms with E-state index in [-0.39, 0.29) is 0 Å². The molecule has 1 heterocycles. The van der Waals surface area contributed by atoms with Gasteiger partial charge in [0.05, 0.1) is 6.54 Å². The molecule has 19 heavy (non-hydrogen) atoms. The molecule has 0 aliphatic rings. The van der Waals surface area contributed by atoms with Gasteiger partial charge in [0.1, 0.15) is 5.01 Å². The maximum absolute atomic E-state index is 5.89. The molecule has 2 aromatic rings. The molecule has 0 amide bonds. The summed E-state index contributed by atoms with van der Waals surface area (Å²) in [5.74, 6) is 0. The summed E-state index contributed by atoms with van der Waals surface area (Å²) >= 11 is 7.48. The van der Waals surface area contributed by atoms with Gasteiger partial charge in [-0.2, -0.15) is 5.10 Å². The topological polar surface area (TPSA) is 33.4 Å². The third kappa shape index (κ3) is 3.89. The minimum atomic E-state index is 0.737. The lowest BCUT2D eigenvalue weighted by molar-refractivity contribution is 0.418. The SMILES string of the molecule is CN(C)CCN=c1sc(-c2ccc(Cl)cc2)nn1C. The number of benzene rings is 1. The lowest BCUT2D eigenvalue weighted by atomic mass is 10.2. The van der Waals surface area contributed by atoms with Crippen molar-refractivity contribution in [3.8, 4) is 10.6 Å². The van der Waals surface area contributed by atoms with E-state index in [0.717, 1.165) is 33.5 Å². The van der Waals surface area contributed by atoms with Crippen molar-refractivity contribution in [3.63, 3.8) is 0 Å². The molecule has 0 saturated carbocycles. The number of aryl methyl sites for hydroxylation is 1. The lowest BCUT2D eigenvalue weighted by Gasteiger charge is -2.04. The van der Waals surface area contributed by atoms with Crippen LogP contribution in [-0.2, 0) is 7.05 Å². The molecular weight excluding hydrogens is 280 g/mol. The number of hydrogen-bond donors (Lipinski definition) is 0. The molecule has 4 nitrogen and oxygen atoms in total. The van der Waals surface area contributed by atoms with E-state index in [4.69, 9.17) is 11.6 Å². The van der Waals surface area contributed by atoms with Crippen LogP contribution in [0.5, 0.6) is 0 Å². The largest absolute Gasteiger partial charge is 0.308 e. The highest BCUT2D eigenvalue weighted by molar-refractivity contribution is 7.12. The molecule has 0 radical (unpaired) electrons. The summed E-state index contributed by atoms with van der Waals surface area (Å²) in [6, 6.07) is 7.71. The summed E-state index contributed by atoms with van der Waals surface area (Å²) in [7, 11) is 6.01. The predicted molar refractivity (Wildman–Crippen MR) is 80.5 cm³/mol. The second-order valence-corrected chi connectivity index (χ2v) is 5.90. The first-order valence-corrected chi connectivity index (χ1v) is 7.21. The highest BCUT2D eigenvalue weighted by Gasteiger charge is 2.04. The van der Waals surface area contributed by atoms with E-state index in [1.54, 1.807) is 11.3 Å². The first kappa shape index (κ1) is 14.2. The van der Waals surface area contributed by atoms with E-state index >= 15 is 0 Å². The Kier molecular flexibility index (Phi) is 4.74. The standard InChI is InChI=1S/C13H17ClN4S/c1-17(2)9-8-15-13-18(3)16-12(19-13)10-4-6-11(14)7-5-10/h4-7H,8-9H2,1-3H3. The summed E-state index contributed by atoms with van der Waals surface area (Å²) in [5.41, 5.74) is 1.07. The molecule has 1 aromatic heterocycles. The van der Waals surface area contributed by atoms with E-state index in [0.29, 0.717) is 0 Å². The Labute approximate surface area is 122 Å². The second-order valence-electron chi connectivity index (χ2n) is 4.51. The van der Waals surface area contributed by atoms with Crippen LogP contribution in [0.1, 0.15) is 0 Å². The van der Waals surface area contributed by atoms with Crippen molar-refractivity contribution >= 4 is 22.9 Å². The van der Waals surface area contributed by atoms with Crippen molar-refractivity contribution in [1.82, 2.24) is 14.7 Å². The molecule has 0 unspecified atom stereocenters. The van der Waals surface area contributed by atoms with Crippen LogP contribution in [-0.4, -0.2) is 41.9 Å². The van der Waals surface area contributed by atoms with Gasteiger partial charge in [0.2, 0.25) is 4.80 Å². The van der Waals surface area contributed by atoms with Gasteiger partial charge in [-0.05, 0) is 26.2 Å². The van der Waals surface area contributed by atoms with Gasteiger partial charge in [-0.3, -0.25) is 4.99 Å². The molecule has 1 aromatic carbocycles. The number of aromatic nitrogens is 2. The fourth-order valence-electron chi connectivity index (χ4n) is 1.54.